The van der Waals surface area contributed by atoms with E-state index in [9.17, 15) is 18.0 Å². The van der Waals surface area contributed by atoms with Gasteiger partial charge in [-0.15, -0.1) is 0 Å². The Bertz CT molecular complexity index is 1040. The maximum atomic E-state index is 13.0. The predicted molar refractivity (Wildman–Crippen MR) is 107 cm³/mol. The first-order valence-electron chi connectivity index (χ1n) is 9.68. The summed E-state index contributed by atoms with van der Waals surface area (Å²) in [6.07, 6.45) is 1.76. The van der Waals surface area contributed by atoms with E-state index < -0.39 is 16.1 Å². The first-order valence-corrected chi connectivity index (χ1v) is 11.1. The van der Waals surface area contributed by atoms with Crippen LogP contribution in [-0.4, -0.2) is 56.9 Å². The fourth-order valence-corrected chi connectivity index (χ4v) is 5.29. The van der Waals surface area contributed by atoms with Gasteiger partial charge in [-0.1, -0.05) is 0 Å². The monoisotopic (exact) mass is 433 g/mol. The van der Waals surface area contributed by atoms with E-state index in [0.717, 1.165) is 0 Å². The number of furan rings is 1. The summed E-state index contributed by atoms with van der Waals surface area (Å²) in [5, 5.41) is 2.78. The van der Waals surface area contributed by atoms with Crippen LogP contribution in [0.15, 0.2) is 45.9 Å². The Morgan fingerprint density at radius 1 is 1.20 bits per heavy atom. The second-order valence-electron chi connectivity index (χ2n) is 7.21. The quantitative estimate of drug-likeness (QED) is 0.750. The summed E-state index contributed by atoms with van der Waals surface area (Å²) in [7, 11) is -3.66. The highest BCUT2D eigenvalue weighted by Crippen LogP contribution is 2.35. The highest BCUT2D eigenvalue weighted by atomic mass is 32.2. The molecule has 3 heterocycles. The highest BCUT2D eigenvalue weighted by molar-refractivity contribution is 7.89. The van der Waals surface area contributed by atoms with Gasteiger partial charge in [0.25, 0.3) is 0 Å². The molecule has 2 aromatic rings. The van der Waals surface area contributed by atoms with E-state index in [4.69, 9.17) is 9.15 Å². The van der Waals surface area contributed by atoms with Crippen LogP contribution in [0.5, 0.6) is 0 Å². The van der Waals surface area contributed by atoms with Crippen LogP contribution in [0.1, 0.15) is 18.2 Å². The van der Waals surface area contributed by atoms with E-state index in [1.165, 1.54) is 28.5 Å². The number of anilines is 1. The number of benzene rings is 1. The normalized spacial score (nSPS) is 19.5. The molecular weight excluding hydrogens is 410 g/mol. The lowest BCUT2D eigenvalue weighted by Gasteiger charge is -2.26. The van der Waals surface area contributed by atoms with Crippen molar-refractivity contribution < 1.29 is 27.2 Å². The van der Waals surface area contributed by atoms with Gasteiger partial charge >= 0.3 is 0 Å². The van der Waals surface area contributed by atoms with Gasteiger partial charge in [0.15, 0.2) is 0 Å². The second kappa shape index (κ2) is 8.21. The van der Waals surface area contributed by atoms with Crippen LogP contribution in [0.2, 0.25) is 0 Å². The SMILES string of the molecule is CC(=O)N1c2ccc(S(=O)(=O)N3CCOCC3)cc2CC1C(=O)NCc1ccco1. The molecule has 0 bridgehead atoms. The van der Waals surface area contributed by atoms with Crippen LogP contribution in [0.3, 0.4) is 0 Å². The molecule has 4 rings (SSSR count). The molecule has 10 heteroatoms. The number of carbonyl (C=O) groups is 2. The third kappa shape index (κ3) is 3.85. The smallest absolute Gasteiger partial charge is 0.243 e. The van der Waals surface area contributed by atoms with Crippen molar-refractivity contribution in [1.82, 2.24) is 9.62 Å². The number of morpholine rings is 1. The standard InChI is InChI=1S/C20H23N3O6S/c1-14(24)23-18-5-4-17(30(26,27)22-6-9-28-10-7-22)11-15(18)12-19(23)20(25)21-13-16-3-2-8-29-16/h2-5,8,11,19H,6-7,9-10,12-13H2,1H3,(H,21,25). The number of fused-ring (bicyclic) bond motifs is 1. The minimum absolute atomic E-state index is 0.156. The van der Waals surface area contributed by atoms with E-state index in [-0.39, 0.29) is 29.7 Å². The number of nitrogens with zero attached hydrogens (tertiary/aromatic N) is 2. The number of hydrogen-bond donors (Lipinski definition) is 1. The molecule has 30 heavy (non-hydrogen) atoms. The minimum atomic E-state index is -3.66. The molecule has 1 atom stereocenters. The Balaban J connectivity index is 1.57. The number of sulfonamides is 1. The predicted octanol–water partition coefficient (Wildman–Crippen LogP) is 0.895. The van der Waals surface area contributed by atoms with Gasteiger partial charge in [-0.3, -0.25) is 14.5 Å². The number of carbonyl (C=O) groups excluding carboxylic acids is 2. The van der Waals surface area contributed by atoms with Gasteiger partial charge in [0.2, 0.25) is 21.8 Å². The molecule has 1 saturated heterocycles. The summed E-state index contributed by atoms with van der Waals surface area (Å²) in [4.78, 5) is 26.6. The lowest BCUT2D eigenvalue weighted by atomic mass is 10.1. The molecule has 9 nitrogen and oxygen atoms in total. The van der Waals surface area contributed by atoms with E-state index in [0.29, 0.717) is 43.3 Å². The van der Waals surface area contributed by atoms with E-state index in [1.54, 1.807) is 24.3 Å². The molecule has 0 saturated carbocycles. The van der Waals surface area contributed by atoms with Crippen molar-refractivity contribution in [2.45, 2.75) is 30.8 Å². The van der Waals surface area contributed by atoms with Crippen LogP contribution in [0.25, 0.3) is 0 Å². The molecule has 1 unspecified atom stereocenters. The fourth-order valence-electron chi connectivity index (χ4n) is 3.83. The van der Waals surface area contributed by atoms with Gasteiger partial charge in [0.05, 0.1) is 30.9 Å². The van der Waals surface area contributed by atoms with E-state index in [2.05, 4.69) is 5.32 Å². The number of nitrogens with one attached hydrogen (secondary N) is 1. The third-order valence-corrected chi connectivity index (χ3v) is 7.20. The molecule has 0 spiro atoms. The van der Waals surface area contributed by atoms with Crippen molar-refractivity contribution in [2.75, 3.05) is 31.2 Å². The zero-order valence-electron chi connectivity index (χ0n) is 16.5. The molecule has 0 aliphatic carbocycles. The molecule has 2 aliphatic heterocycles. The lowest BCUT2D eigenvalue weighted by molar-refractivity contribution is -0.125. The number of amides is 2. The Morgan fingerprint density at radius 2 is 1.97 bits per heavy atom. The third-order valence-electron chi connectivity index (χ3n) is 5.30. The van der Waals surface area contributed by atoms with E-state index in [1.807, 2.05) is 0 Å². The van der Waals surface area contributed by atoms with E-state index >= 15 is 0 Å². The summed E-state index contributed by atoms with van der Waals surface area (Å²) >= 11 is 0. The molecule has 1 N–H and O–H groups in total. The molecule has 1 aromatic heterocycles. The van der Waals surface area contributed by atoms with Crippen molar-refractivity contribution in [3.8, 4) is 0 Å². The van der Waals surface area contributed by atoms with Gasteiger partial charge < -0.3 is 14.5 Å². The number of hydrogen-bond acceptors (Lipinski definition) is 6. The van der Waals surface area contributed by atoms with Crippen LogP contribution in [0.4, 0.5) is 5.69 Å². The Morgan fingerprint density at radius 3 is 2.63 bits per heavy atom. The maximum absolute atomic E-state index is 13.0. The van der Waals surface area contributed by atoms with Crippen LogP contribution in [-0.2, 0) is 37.3 Å². The van der Waals surface area contributed by atoms with Crippen LogP contribution < -0.4 is 10.2 Å². The Hall–Kier alpha value is -2.69. The zero-order valence-corrected chi connectivity index (χ0v) is 17.4. The van der Waals surface area contributed by atoms with Crippen molar-refractivity contribution >= 4 is 27.5 Å². The number of rotatable bonds is 5. The molecule has 160 valence electrons. The van der Waals surface area contributed by atoms with Crippen LogP contribution in [0, 0.1) is 0 Å². The minimum Gasteiger partial charge on any atom is -0.467 e. The first kappa shape index (κ1) is 20.6. The van der Waals surface area contributed by atoms with Gasteiger partial charge in [-0.05, 0) is 35.9 Å². The molecule has 1 fully saturated rings. The number of ether oxygens (including phenoxy) is 1. The largest absolute Gasteiger partial charge is 0.467 e. The van der Waals surface area contributed by atoms with Gasteiger partial charge in [-0.25, -0.2) is 8.42 Å². The molecule has 2 amide bonds. The Labute approximate surface area is 174 Å². The summed E-state index contributed by atoms with van der Waals surface area (Å²) in [6, 6.07) is 7.39. The zero-order chi connectivity index (χ0) is 21.3. The summed E-state index contributed by atoms with van der Waals surface area (Å²) in [5.41, 5.74) is 1.21. The molecule has 1 aromatic carbocycles. The van der Waals surface area contributed by atoms with Crippen molar-refractivity contribution in [3.63, 3.8) is 0 Å². The summed E-state index contributed by atoms with van der Waals surface area (Å²) in [5.74, 6) is -0.00167. The molecular formula is C20H23N3O6S. The van der Waals surface area contributed by atoms with Gasteiger partial charge in [0.1, 0.15) is 11.8 Å². The summed E-state index contributed by atoms with van der Waals surface area (Å²) < 4.78 is 37.7. The van der Waals surface area contributed by atoms with Crippen molar-refractivity contribution in [3.05, 3.63) is 47.9 Å². The van der Waals surface area contributed by atoms with Gasteiger partial charge in [0, 0.05) is 32.1 Å². The fraction of sp³-hybridized carbons (Fsp3) is 0.400. The topological polar surface area (TPSA) is 109 Å². The van der Waals surface area contributed by atoms with Crippen molar-refractivity contribution in [1.29, 1.82) is 0 Å². The molecule has 2 aliphatic rings. The van der Waals surface area contributed by atoms with Gasteiger partial charge in [-0.2, -0.15) is 4.31 Å². The lowest BCUT2D eigenvalue weighted by Crippen LogP contribution is -2.47. The molecule has 0 radical (unpaired) electrons. The van der Waals surface area contributed by atoms with Crippen LogP contribution >= 0.6 is 0 Å². The van der Waals surface area contributed by atoms with Crippen molar-refractivity contribution in [2.24, 2.45) is 0 Å². The average molecular weight is 433 g/mol. The Kier molecular flexibility index (Phi) is 5.63. The maximum Gasteiger partial charge on any atom is 0.243 e. The highest BCUT2D eigenvalue weighted by Gasteiger charge is 2.38. The first-order chi connectivity index (χ1) is 14.4. The average Bonchev–Trinajstić information content (AvgIpc) is 3.39. The second-order valence-corrected chi connectivity index (χ2v) is 9.15. The summed E-state index contributed by atoms with van der Waals surface area (Å²) in [6.45, 7) is 2.93.